The Morgan fingerprint density at radius 3 is 2.16 bits per heavy atom. The van der Waals surface area contributed by atoms with E-state index >= 15 is 0 Å². The van der Waals surface area contributed by atoms with E-state index < -0.39 is 6.23 Å². The average Bonchev–Trinajstić information content (AvgIpc) is 3.43. The molecule has 0 aliphatic carbocycles. The highest BCUT2D eigenvalue weighted by atomic mass is 79.9. The van der Waals surface area contributed by atoms with E-state index in [0.717, 1.165) is 37.4 Å². The normalized spacial score (nSPS) is 14.7. The summed E-state index contributed by atoms with van der Waals surface area (Å²) in [5.41, 5.74) is 13.2. The first-order chi connectivity index (χ1) is 21.1. The number of allylic oxidation sites excluding steroid dienone is 7. The number of aliphatic hydroxyl groups is 1. The highest BCUT2D eigenvalue weighted by Crippen LogP contribution is 2.38. The molecule has 0 aliphatic heterocycles. The fourth-order valence-corrected chi connectivity index (χ4v) is 5.90. The molecule has 0 spiro atoms. The summed E-state index contributed by atoms with van der Waals surface area (Å²) in [5, 5.41) is 20.4. The van der Waals surface area contributed by atoms with Gasteiger partial charge in [0.05, 0.1) is 6.54 Å². The van der Waals surface area contributed by atoms with Crippen LogP contribution in [0.25, 0.3) is 11.1 Å². The molecule has 0 aliphatic rings. The van der Waals surface area contributed by atoms with Crippen LogP contribution in [0.15, 0.2) is 82.9 Å². The number of hydrazine groups is 1. The Hall–Kier alpha value is -2.75. The van der Waals surface area contributed by atoms with Gasteiger partial charge in [-0.3, -0.25) is 5.32 Å². The summed E-state index contributed by atoms with van der Waals surface area (Å²) in [6.07, 6.45) is 13.2. The van der Waals surface area contributed by atoms with Gasteiger partial charge in [-0.2, -0.15) is 5.10 Å². The third-order valence-corrected chi connectivity index (χ3v) is 8.91. The van der Waals surface area contributed by atoms with Gasteiger partial charge in [-0.15, -0.1) is 11.3 Å². The predicted molar refractivity (Wildman–Crippen MR) is 200 cm³/mol. The van der Waals surface area contributed by atoms with Crippen molar-refractivity contribution in [3.63, 3.8) is 0 Å². The Morgan fingerprint density at radius 2 is 1.66 bits per heavy atom. The zero-order valence-electron chi connectivity index (χ0n) is 28.1. The summed E-state index contributed by atoms with van der Waals surface area (Å²) in [5.74, 6) is 5.61. The van der Waals surface area contributed by atoms with Crippen LogP contribution in [0.2, 0.25) is 0 Å². The van der Waals surface area contributed by atoms with Crippen molar-refractivity contribution in [3.8, 4) is 0 Å². The summed E-state index contributed by atoms with van der Waals surface area (Å²) >= 11 is 5.41. The number of hydrazone groups is 1. The van der Waals surface area contributed by atoms with E-state index in [2.05, 4.69) is 121 Å². The van der Waals surface area contributed by atoms with E-state index in [1.54, 1.807) is 11.3 Å². The van der Waals surface area contributed by atoms with Gasteiger partial charge in [-0.05, 0) is 75.0 Å². The van der Waals surface area contributed by atoms with E-state index in [1.165, 1.54) is 24.0 Å². The van der Waals surface area contributed by atoms with Gasteiger partial charge in [-0.1, -0.05) is 128 Å². The summed E-state index contributed by atoms with van der Waals surface area (Å²) in [7, 11) is 0. The zero-order chi connectivity index (χ0) is 33.7. The molecule has 0 radical (unpaired) electrons. The van der Waals surface area contributed by atoms with Crippen LogP contribution in [0, 0.1) is 0 Å². The first kappa shape index (κ1) is 41.2. The van der Waals surface area contributed by atoms with Crippen molar-refractivity contribution in [2.24, 2.45) is 16.7 Å². The second-order valence-electron chi connectivity index (χ2n) is 9.93. The molecule has 2 aromatic rings. The Balaban J connectivity index is 0.00000284. The van der Waals surface area contributed by atoms with Crippen LogP contribution in [0.1, 0.15) is 109 Å². The number of thiophene rings is 1. The molecule has 44 heavy (non-hydrogen) atoms. The first-order valence-corrected chi connectivity index (χ1v) is 17.2. The van der Waals surface area contributed by atoms with Gasteiger partial charge in [0.1, 0.15) is 12.1 Å². The van der Waals surface area contributed by atoms with Gasteiger partial charge in [0, 0.05) is 14.9 Å². The maximum Gasteiger partial charge on any atom is 0.135 e. The Morgan fingerprint density at radius 1 is 1.07 bits per heavy atom. The number of nitrogens with one attached hydrogen (secondary N) is 2. The van der Waals surface area contributed by atoms with Crippen molar-refractivity contribution in [1.29, 1.82) is 0 Å². The topological polar surface area (TPSA) is 109 Å². The Labute approximate surface area is 279 Å². The number of nitrogens with two attached hydrogens (primary N) is 2. The van der Waals surface area contributed by atoms with Gasteiger partial charge in [0.2, 0.25) is 0 Å². The van der Waals surface area contributed by atoms with Crippen molar-refractivity contribution in [2.75, 3.05) is 6.54 Å². The van der Waals surface area contributed by atoms with Crippen molar-refractivity contribution in [1.82, 2.24) is 10.9 Å². The highest BCUT2D eigenvalue weighted by molar-refractivity contribution is 9.15. The van der Waals surface area contributed by atoms with Crippen molar-refractivity contribution in [2.45, 2.75) is 92.7 Å². The third kappa shape index (κ3) is 13.5. The molecule has 1 aromatic heterocycles. The van der Waals surface area contributed by atoms with E-state index in [0.29, 0.717) is 0 Å². The minimum absolute atomic E-state index is 0.0815. The molecular weight excluding hydrogens is 630 g/mol. The van der Waals surface area contributed by atoms with Gasteiger partial charge in [0.25, 0.3) is 0 Å². The SMILES string of the molecule is C=C(/C=C\C(=C/C)C(c1cs/c(=C(Br)/C=C\C)c1=C)C(C)c1ccc(C(O)NC/C(N)=N/NN)cc1)CC.CC.CCCC. The lowest BCUT2D eigenvalue weighted by Gasteiger charge is -2.26. The van der Waals surface area contributed by atoms with E-state index in [4.69, 9.17) is 11.6 Å². The predicted octanol–water partition coefficient (Wildman–Crippen LogP) is 7.74. The molecule has 3 atom stereocenters. The molecular formula is C36H56BrN5OS. The number of hydrogen-bond donors (Lipinski definition) is 5. The molecule has 244 valence electrons. The second kappa shape index (κ2) is 23.6. The lowest BCUT2D eigenvalue weighted by atomic mass is 9.77. The van der Waals surface area contributed by atoms with Crippen molar-refractivity contribution in [3.05, 3.63) is 104 Å². The van der Waals surface area contributed by atoms with E-state index in [1.807, 2.05) is 39.0 Å². The molecule has 2 rings (SSSR count). The molecule has 6 nitrogen and oxygen atoms in total. The van der Waals surface area contributed by atoms with Gasteiger partial charge < -0.3 is 10.8 Å². The maximum atomic E-state index is 10.5. The van der Waals surface area contributed by atoms with E-state index in [9.17, 15) is 5.11 Å². The minimum Gasteiger partial charge on any atom is -0.385 e. The largest absolute Gasteiger partial charge is 0.385 e. The molecule has 0 amide bonds. The zero-order valence-corrected chi connectivity index (χ0v) is 30.5. The molecule has 0 saturated carbocycles. The quantitative estimate of drug-likeness (QED) is 0.0349. The van der Waals surface area contributed by atoms with Crippen molar-refractivity contribution >= 4 is 44.2 Å². The maximum absolute atomic E-state index is 10.5. The van der Waals surface area contributed by atoms with Crippen LogP contribution in [-0.2, 0) is 0 Å². The van der Waals surface area contributed by atoms with Crippen LogP contribution in [-0.4, -0.2) is 17.5 Å². The Bertz CT molecular complexity index is 1340. The molecule has 3 unspecified atom stereocenters. The third-order valence-electron chi connectivity index (χ3n) is 6.91. The lowest BCUT2D eigenvalue weighted by Crippen LogP contribution is -2.34. The fraction of sp³-hybridized carbons (Fsp3) is 0.417. The van der Waals surface area contributed by atoms with Crippen LogP contribution >= 0.6 is 27.3 Å². The monoisotopic (exact) mass is 685 g/mol. The van der Waals surface area contributed by atoms with Crippen LogP contribution in [0.5, 0.6) is 0 Å². The summed E-state index contributed by atoms with van der Waals surface area (Å²) in [6.45, 7) is 25.6. The molecule has 1 heterocycles. The first-order valence-electron chi connectivity index (χ1n) is 15.5. The summed E-state index contributed by atoms with van der Waals surface area (Å²) in [6, 6.07) is 7.99. The fourth-order valence-electron chi connectivity index (χ4n) is 4.14. The van der Waals surface area contributed by atoms with Crippen molar-refractivity contribution < 1.29 is 5.11 Å². The number of benzene rings is 1. The number of unbranched alkanes of at least 4 members (excludes halogenated alkanes) is 1. The molecule has 0 fully saturated rings. The minimum atomic E-state index is -0.888. The highest BCUT2D eigenvalue weighted by Gasteiger charge is 2.25. The number of aliphatic hydroxyl groups excluding tert-OH is 1. The standard InChI is InChI=1S/C30H40BrN5OS.C4H10.C2H6/c1-7-10-26(31)29-21(6)25(18-38-29)28(22(9-3)12-11-19(4)8-2)20(5)23-13-15-24(16-14-23)30(37)34-17-27(32)35-36-33;1-3-4-2;1-2/h7,9-16,18,20,28,30,34,36-37H,4,6,8,17,33H2,1-3,5H3,(H2,32,35);3-4H2,1-2H3;1-2H3/b10-7-,12-11-,22-9+,29-26-;;. The van der Waals surface area contributed by atoms with Crippen LogP contribution in [0.4, 0.5) is 0 Å². The molecule has 1 aromatic carbocycles. The van der Waals surface area contributed by atoms with Crippen LogP contribution < -0.4 is 32.2 Å². The average molecular weight is 687 g/mol. The summed E-state index contributed by atoms with van der Waals surface area (Å²) in [4.78, 5) is 0. The van der Waals surface area contributed by atoms with Gasteiger partial charge in [0.15, 0.2) is 0 Å². The number of halogens is 1. The molecule has 7 N–H and O–H groups in total. The number of hydrogen-bond acceptors (Lipinski definition) is 6. The lowest BCUT2D eigenvalue weighted by molar-refractivity contribution is 0.145. The molecule has 0 bridgehead atoms. The van der Waals surface area contributed by atoms with Crippen LogP contribution in [0.3, 0.4) is 0 Å². The number of rotatable bonds is 14. The number of nitrogens with zero attached hydrogens (tertiary/aromatic N) is 1. The molecule has 8 heteroatoms. The Kier molecular flexibility index (Phi) is 22.1. The number of amidine groups is 1. The van der Waals surface area contributed by atoms with E-state index in [-0.39, 0.29) is 24.2 Å². The smallest absolute Gasteiger partial charge is 0.135 e. The van der Waals surface area contributed by atoms with Gasteiger partial charge >= 0.3 is 0 Å². The van der Waals surface area contributed by atoms with Gasteiger partial charge in [-0.25, -0.2) is 11.4 Å². The second-order valence-corrected chi connectivity index (χ2v) is 11.7. The molecule has 0 saturated heterocycles. The summed E-state index contributed by atoms with van der Waals surface area (Å²) < 4.78 is 2.16.